The van der Waals surface area contributed by atoms with E-state index in [9.17, 15) is 0 Å². The number of halogens is 2. The first-order valence-corrected chi connectivity index (χ1v) is 5.80. The number of hydrogen-bond acceptors (Lipinski definition) is 2. The van der Waals surface area contributed by atoms with Gasteiger partial charge in [0.2, 0.25) is 0 Å². The second-order valence-corrected chi connectivity index (χ2v) is 4.75. The molecule has 0 aliphatic heterocycles. The summed E-state index contributed by atoms with van der Waals surface area (Å²) in [5.41, 5.74) is 0. The molecule has 0 aromatic carbocycles. The van der Waals surface area contributed by atoms with Crippen LogP contribution in [-0.4, -0.2) is 0 Å². The summed E-state index contributed by atoms with van der Waals surface area (Å²) in [6.07, 6.45) is 1.63. The predicted molar refractivity (Wildman–Crippen MR) is 58.4 cm³/mol. The van der Waals surface area contributed by atoms with Crippen LogP contribution in [-0.2, 0) is 0 Å². The molecule has 0 aliphatic carbocycles. The maximum atomic E-state index is 6.21. The van der Waals surface area contributed by atoms with Gasteiger partial charge in [-0.2, -0.15) is 0 Å². The summed E-state index contributed by atoms with van der Waals surface area (Å²) in [6, 6.07) is 5.70. The Balaban J connectivity index is 2.33. The van der Waals surface area contributed by atoms with E-state index in [4.69, 9.17) is 16.0 Å². The van der Waals surface area contributed by atoms with Crippen LogP contribution in [0.15, 0.2) is 38.7 Å². The number of thiophene rings is 1. The van der Waals surface area contributed by atoms with Gasteiger partial charge < -0.3 is 4.42 Å². The Labute approximate surface area is 93.5 Å². The molecule has 0 bridgehead atoms. The van der Waals surface area contributed by atoms with Gasteiger partial charge in [0.25, 0.3) is 0 Å². The van der Waals surface area contributed by atoms with E-state index in [-0.39, 0.29) is 5.38 Å². The molecule has 1 atom stereocenters. The van der Waals surface area contributed by atoms with E-state index in [0.717, 1.165) is 15.1 Å². The Morgan fingerprint density at radius 1 is 1.46 bits per heavy atom. The maximum Gasteiger partial charge on any atom is 0.127 e. The monoisotopic (exact) mass is 276 g/mol. The molecule has 0 N–H and O–H groups in total. The third kappa shape index (κ3) is 1.82. The first-order valence-electron chi connectivity index (χ1n) is 3.69. The molecule has 1 nitrogen and oxygen atoms in total. The quantitative estimate of drug-likeness (QED) is 0.740. The van der Waals surface area contributed by atoms with E-state index in [1.807, 2.05) is 23.6 Å². The molecule has 0 aliphatic rings. The lowest BCUT2D eigenvalue weighted by atomic mass is 10.3. The Kier molecular flexibility index (Phi) is 2.77. The minimum Gasteiger partial charge on any atom is -0.467 e. The van der Waals surface area contributed by atoms with Gasteiger partial charge in [-0.3, -0.25) is 0 Å². The summed E-state index contributed by atoms with van der Waals surface area (Å²) in [5.74, 6) is 0.782. The van der Waals surface area contributed by atoms with Gasteiger partial charge in [-0.25, -0.2) is 0 Å². The van der Waals surface area contributed by atoms with Crippen molar-refractivity contribution < 1.29 is 4.42 Å². The van der Waals surface area contributed by atoms with Gasteiger partial charge in [-0.1, -0.05) is 0 Å². The normalized spacial score (nSPS) is 13.1. The molecule has 2 rings (SSSR count). The van der Waals surface area contributed by atoms with E-state index in [2.05, 4.69) is 15.9 Å². The van der Waals surface area contributed by atoms with Gasteiger partial charge in [-0.05, 0) is 39.5 Å². The van der Waals surface area contributed by atoms with Crippen molar-refractivity contribution in [1.29, 1.82) is 0 Å². The van der Waals surface area contributed by atoms with Crippen molar-refractivity contribution in [2.24, 2.45) is 0 Å². The second-order valence-electron chi connectivity index (χ2n) is 2.51. The number of alkyl halides is 1. The Morgan fingerprint density at radius 3 is 2.85 bits per heavy atom. The Hall–Kier alpha value is -0.250. The third-order valence-corrected chi connectivity index (χ3v) is 4.17. The summed E-state index contributed by atoms with van der Waals surface area (Å²) in [6.45, 7) is 0. The molecule has 13 heavy (non-hydrogen) atoms. The van der Waals surface area contributed by atoms with Crippen LogP contribution in [0.2, 0.25) is 0 Å². The largest absolute Gasteiger partial charge is 0.467 e. The van der Waals surface area contributed by atoms with Crippen molar-refractivity contribution in [3.05, 3.63) is 45.0 Å². The first kappa shape index (κ1) is 9.31. The third-order valence-electron chi connectivity index (χ3n) is 1.67. The van der Waals surface area contributed by atoms with Crippen LogP contribution in [0.5, 0.6) is 0 Å². The van der Waals surface area contributed by atoms with Gasteiger partial charge in [0.15, 0.2) is 0 Å². The van der Waals surface area contributed by atoms with Crippen LogP contribution in [0.1, 0.15) is 16.0 Å². The molecule has 0 saturated heterocycles. The Morgan fingerprint density at radius 2 is 2.31 bits per heavy atom. The summed E-state index contributed by atoms with van der Waals surface area (Å²) in [5, 5.41) is 1.81. The molecular weight excluding hydrogens is 272 g/mol. The van der Waals surface area contributed by atoms with Crippen molar-refractivity contribution in [3.63, 3.8) is 0 Å². The zero-order chi connectivity index (χ0) is 9.26. The second kappa shape index (κ2) is 3.86. The number of rotatable bonds is 2. The molecule has 2 aromatic heterocycles. The fraction of sp³-hybridized carbons (Fsp3) is 0.111. The SMILES string of the molecule is ClC(c1ccco1)c1sccc1Br. The molecule has 68 valence electrons. The highest BCUT2D eigenvalue weighted by atomic mass is 79.9. The van der Waals surface area contributed by atoms with E-state index in [1.54, 1.807) is 17.6 Å². The summed E-state index contributed by atoms with van der Waals surface area (Å²) >= 11 is 11.3. The van der Waals surface area contributed by atoms with E-state index < -0.39 is 0 Å². The van der Waals surface area contributed by atoms with Gasteiger partial charge >= 0.3 is 0 Å². The van der Waals surface area contributed by atoms with Crippen LogP contribution in [0.3, 0.4) is 0 Å². The highest BCUT2D eigenvalue weighted by molar-refractivity contribution is 9.10. The molecular formula is C9H6BrClOS. The van der Waals surface area contributed by atoms with Crippen molar-refractivity contribution in [1.82, 2.24) is 0 Å². The minimum atomic E-state index is -0.190. The van der Waals surface area contributed by atoms with E-state index >= 15 is 0 Å². The zero-order valence-corrected chi connectivity index (χ0v) is 9.69. The summed E-state index contributed by atoms with van der Waals surface area (Å²) < 4.78 is 6.26. The van der Waals surface area contributed by atoms with Crippen LogP contribution in [0.25, 0.3) is 0 Å². The lowest BCUT2D eigenvalue weighted by Gasteiger charge is -2.03. The molecule has 0 radical (unpaired) electrons. The topological polar surface area (TPSA) is 13.1 Å². The molecule has 2 aromatic rings. The fourth-order valence-corrected chi connectivity index (χ4v) is 3.16. The van der Waals surface area contributed by atoms with Gasteiger partial charge in [-0.15, -0.1) is 22.9 Å². The summed E-state index contributed by atoms with van der Waals surface area (Å²) in [7, 11) is 0. The van der Waals surface area contributed by atoms with Crippen LogP contribution in [0, 0.1) is 0 Å². The van der Waals surface area contributed by atoms with Gasteiger partial charge in [0, 0.05) is 9.35 Å². The average molecular weight is 278 g/mol. The molecule has 2 heterocycles. The van der Waals surface area contributed by atoms with Crippen LogP contribution in [0.4, 0.5) is 0 Å². The lowest BCUT2D eigenvalue weighted by Crippen LogP contribution is -1.87. The van der Waals surface area contributed by atoms with Crippen molar-refractivity contribution in [2.45, 2.75) is 5.38 Å². The average Bonchev–Trinajstić information content (AvgIpc) is 2.72. The Bertz CT molecular complexity index is 382. The molecule has 0 saturated carbocycles. The van der Waals surface area contributed by atoms with Crippen molar-refractivity contribution in [3.8, 4) is 0 Å². The highest BCUT2D eigenvalue weighted by Gasteiger charge is 2.17. The van der Waals surface area contributed by atoms with Crippen LogP contribution >= 0.6 is 38.9 Å². The maximum absolute atomic E-state index is 6.21. The zero-order valence-electron chi connectivity index (χ0n) is 6.54. The van der Waals surface area contributed by atoms with Gasteiger partial charge in [0.1, 0.15) is 11.1 Å². The van der Waals surface area contributed by atoms with E-state index in [0.29, 0.717) is 0 Å². The number of hydrogen-bond donors (Lipinski definition) is 0. The number of furan rings is 1. The van der Waals surface area contributed by atoms with Crippen molar-refractivity contribution in [2.75, 3.05) is 0 Å². The molecule has 0 amide bonds. The molecule has 4 heteroatoms. The highest BCUT2D eigenvalue weighted by Crippen LogP contribution is 2.37. The van der Waals surface area contributed by atoms with Crippen LogP contribution < -0.4 is 0 Å². The molecule has 0 spiro atoms. The summed E-state index contributed by atoms with van der Waals surface area (Å²) in [4.78, 5) is 1.08. The standard InChI is InChI=1S/C9H6BrClOS/c10-6-3-5-13-9(6)8(11)7-2-1-4-12-7/h1-5,8H. The first-order chi connectivity index (χ1) is 6.29. The van der Waals surface area contributed by atoms with E-state index in [1.165, 1.54) is 0 Å². The smallest absolute Gasteiger partial charge is 0.127 e. The lowest BCUT2D eigenvalue weighted by molar-refractivity contribution is 0.517. The molecule has 1 unspecified atom stereocenters. The minimum absolute atomic E-state index is 0.190. The van der Waals surface area contributed by atoms with Gasteiger partial charge in [0.05, 0.1) is 6.26 Å². The van der Waals surface area contributed by atoms with Crippen molar-refractivity contribution >= 4 is 38.9 Å². The fourth-order valence-electron chi connectivity index (χ4n) is 1.05. The molecule has 0 fully saturated rings. The predicted octanol–water partition coefficient (Wildman–Crippen LogP) is 4.43.